The van der Waals surface area contributed by atoms with Gasteiger partial charge in [-0.25, -0.2) is 14.3 Å². The number of fused-ring (bicyclic) bond motifs is 1. The van der Waals surface area contributed by atoms with Gasteiger partial charge in [0.1, 0.15) is 22.7 Å². The number of benzene rings is 2. The molecule has 2 heterocycles. The van der Waals surface area contributed by atoms with E-state index < -0.39 is 28.5 Å². The summed E-state index contributed by atoms with van der Waals surface area (Å²) in [6, 6.07) is 15.0. The number of rotatable bonds is 6. The Morgan fingerprint density at radius 2 is 1.69 bits per heavy atom. The number of carbonyl (C=O) groups excluding carboxylic acids is 1. The predicted molar refractivity (Wildman–Crippen MR) is 113 cm³/mol. The molecule has 2 N–H and O–H groups in total. The maximum Gasteiger partial charge on any atom is 0.280 e. The van der Waals surface area contributed by atoms with E-state index in [-0.39, 0.29) is 35.3 Å². The molecule has 0 radical (unpaired) electrons. The number of hydrogen-bond acceptors (Lipinski definition) is 4. The minimum Gasteiger partial charge on any atom is -0.341 e. The number of nitrogens with zero attached hydrogens (tertiary/aromatic N) is 1. The zero-order valence-electron chi connectivity index (χ0n) is 16.6. The average Bonchev–Trinajstić information content (AvgIpc) is 2.78. The van der Waals surface area contributed by atoms with Gasteiger partial charge in [0.25, 0.3) is 5.91 Å². The second-order valence-corrected chi connectivity index (χ2v) is 6.99. The Morgan fingerprint density at radius 1 is 0.969 bits per heavy atom. The summed E-state index contributed by atoms with van der Waals surface area (Å²) < 4.78 is 29.7. The van der Waals surface area contributed by atoms with Gasteiger partial charge in [-0.1, -0.05) is 36.4 Å². The SMILES string of the molecule is O=C(NOCc1ccccc1)c1cn(Cc2c(F)cccc2F)c2ccc(=O)[nH]c2c1=O. The molecule has 9 heteroatoms. The summed E-state index contributed by atoms with van der Waals surface area (Å²) in [6.45, 7) is -0.252. The minimum atomic E-state index is -0.861. The van der Waals surface area contributed by atoms with E-state index in [1.807, 2.05) is 6.07 Å². The number of hydrogen-bond donors (Lipinski definition) is 2. The van der Waals surface area contributed by atoms with Crippen LogP contribution in [0.25, 0.3) is 11.0 Å². The average molecular weight is 437 g/mol. The van der Waals surface area contributed by atoms with Crippen LogP contribution in [-0.2, 0) is 18.0 Å². The van der Waals surface area contributed by atoms with E-state index in [1.165, 1.54) is 29.0 Å². The van der Waals surface area contributed by atoms with Gasteiger partial charge in [0.05, 0.1) is 18.7 Å². The first-order valence-electron chi connectivity index (χ1n) is 9.59. The van der Waals surface area contributed by atoms with Crippen molar-refractivity contribution < 1.29 is 18.4 Å². The highest BCUT2D eigenvalue weighted by molar-refractivity contribution is 5.96. The number of carbonyl (C=O) groups is 1. The van der Waals surface area contributed by atoms with Gasteiger partial charge in [0, 0.05) is 17.8 Å². The standard InChI is InChI=1S/C23H17F2N3O4/c24-17-7-4-8-18(25)15(17)11-28-12-16(22(30)21-19(28)9-10-20(29)26-21)23(31)27-32-13-14-5-2-1-3-6-14/h1-10,12H,11,13H2,(H,26,29)(H,27,31). The summed E-state index contributed by atoms with van der Waals surface area (Å²) in [5.41, 5.74) is 1.11. The lowest BCUT2D eigenvalue weighted by atomic mass is 10.1. The first-order valence-corrected chi connectivity index (χ1v) is 9.59. The van der Waals surface area contributed by atoms with Crippen molar-refractivity contribution in [3.63, 3.8) is 0 Å². The van der Waals surface area contributed by atoms with E-state index in [1.54, 1.807) is 24.3 Å². The number of nitrogens with one attached hydrogen (secondary N) is 2. The van der Waals surface area contributed by atoms with Gasteiger partial charge in [-0.3, -0.25) is 19.2 Å². The first kappa shape index (κ1) is 21.1. The van der Waals surface area contributed by atoms with Crippen molar-refractivity contribution >= 4 is 16.9 Å². The number of hydroxylamine groups is 1. The van der Waals surface area contributed by atoms with Crippen molar-refractivity contribution in [1.29, 1.82) is 0 Å². The predicted octanol–water partition coefficient (Wildman–Crippen LogP) is 2.88. The van der Waals surface area contributed by atoms with Crippen LogP contribution in [0.15, 0.2) is 76.4 Å². The van der Waals surface area contributed by atoms with Crippen LogP contribution in [0.5, 0.6) is 0 Å². The van der Waals surface area contributed by atoms with Crippen molar-refractivity contribution in [2.24, 2.45) is 0 Å². The molecule has 2 aromatic heterocycles. The Bertz CT molecular complexity index is 1390. The number of aromatic amines is 1. The molecule has 0 saturated carbocycles. The van der Waals surface area contributed by atoms with E-state index in [9.17, 15) is 23.2 Å². The fourth-order valence-electron chi connectivity index (χ4n) is 3.26. The van der Waals surface area contributed by atoms with Crippen molar-refractivity contribution in [2.75, 3.05) is 0 Å². The molecule has 2 aromatic carbocycles. The molecule has 0 atom stereocenters. The Labute approximate surface area is 179 Å². The topological polar surface area (TPSA) is 93.2 Å². The van der Waals surface area contributed by atoms with E-state index in [0.29, 0.717) is 0 Å². The highest BCUT2D eigenvalue weighted by Crippen LogP contribution is 2.17. The summed E-state index contributed by atoms with van der Waals surface area (Å²) in [4.78, 5) is 44.8. The highest BCUT2D eigenvalue weighted by atomic mass is 19.1. The Kier molecular flexibility index (Phi) is 5.91. The van der Waals surface area contributed by atoms with Crippen molar-refractivity contribution in [2.45, 2.75) is 13.2 Å². The van der Waals surface area contributed by atoms with Crippen LogP contribution in [0, 0.1) is 11.6 Å². The number of H-pyrrole nitrogens is 1. The van der Waals surface area contributed by atoms with Crippen LogP contribution < -0.4 is 16.5 Å². The lowest BCUT2D eigenvalue weighted by Gasteiger charge is -2.14. The van der Waals surface area contributed by atoms with Gasteiger partial charge in [-0.15, -0.1) is 0 Å². The molecule has 1 amide bonds. The monoisotopic (exact) mass is 437 g/mol. The molecule has 4 aromatic rings. The third-order valence-corrected chi connectivity index (χ3v) is 4.84. The quantitative estimate of drug-likeness (QED) is 0.454. The number of halogens is 2. The minimum absolute atomic E-state index is 0.0611. The molecule has 0 saturated heterocycles. The molecule has 162 valence electrons. The van der Waals surface area contributed by atoms with Crippen LogP contribution in [0.3, 0.4) is 0 Å². The molecule has 0 aliphatic heterocycles. The van der Waals surface area contributed by atoms with Gasteiger partial charge >= 0.3 is 0 Å². The number of pyridine rings is 2. The zero-order chi connectivity index (χ0) is 22.7. The van der Waals surface area contributed by atoms with Crippen molar-refractivity contribution in [1.82, 2.24) is 15.0 Å². The molecule has 7 nitrogen and oxygen atoms in total. The van der Waals surface area contributed by atoms with Crippen LogP contribution in [0.2, 0.25) is 0 Å². The van der Waals surface area contributed by atoms with Gasteiger partial charge in [-0.05, 0) is 23.8 Å². The molecule has 4 rings (SSSR count). The molecule has 32 heavy (non-hydrogen) atoms. The van der Waals surface area contributed by atoms with Gasteiger partial charge < -0.3 is 9.55 Å². The maximum absolute atomic E-state index is 14.2. The van der Waals surface area contributed by atoms with Crippen LogP contribution in [-0.4, -0.2) is 15.5 Å². The molecular formula is C23H17F2N3O4. The highest BCUT2D eigenvalue weighted by Gasteiger charge is 2.18. The summed E-state index contributed by atoms with van der Waals surface area (Å²) in [6.07, 6.45) is 1.18. The van der Waals surface area contributed by atoms with Crippen LogP contribution in [0.1, 0.15) is 21.5 Å². The summed E-state index contributed by atoms with van der Waals surface area (Å²) in [5, 5.41) is 0. The van der Waals surface area contributed by atoms with Gasteiger partial charge in [0.2, 0.25) is 11.0 Å². The Morgan fingerprint density at radius 3 is 2.41 bits per heavy atom. The van der Waals surface area contributed by atoms with Crippen molar-refractivity contribution in [3.8, 4) is 0 Å². The van der Waals surface area contributed by atoms with Gasteiger partial charge in [0.15, 0.2) is 0 Å². The normalized spacial score (nSPS) is 10.9. The smallest absolute Gasteiger partial charge is 0.280 e. The van der Waals surface area contributed by atoms with Gasteiger partial charge in [-0.2, -0.15) is 0 Å². The third-order valence-electron chi connectivity index (χ3n) is 4.84. The van der Waals surface area contributed by atoms with Crippen LogP contribution >= 0.6 is 0 Å². The van der Waals surface area contributed by atoms with E-state index in [4.69, 9.17) is 4.84 Å². The second kappa shape index (κ2) is 8.94. The Hall–Kier alpha value is -4.11. The van der Waals surface area contributed by atoms with Crippen LogP contribution in [0.4, 0.5) is 8.78 Å². The lowest BCUT2D eigenvalue weighted by Crippen LogP contribution is -2.31. The zero-order valence-corrected chi connectivity index (χ0v) is 16.6. The molecule has 0 fully saturated rings. The molecule has 0 aliphatic carbocycles. The summed E-state index contributed by atoms with van der Waals surface area (Å²) in [7, 11) is 0. The molecule has 0 spiro atoms. The Balaban J connectivity index is 1.71. The fourth-order valence-corrected chi connectivity index (χ4v) is 3.26. The maximum atomic E-state index is 14.2. The number of aromatic nitrogens is 2. The molecule has 0 bridgehead atoms. The van der Waals surface area contributed by atoms with E-state index in [2.05, 4.69) is 10.5 Å². The lowest BCUT2D eigenvalue weighted by molar-refractivity contribution is 0.0232. The third kappa shape index (κ3) is 4.33. The second-order valence-electron chi connectivity index (χ2n) is 6.99. The first-order chi connectivity index (χ1) is 15.4. The fraction of sp³-hybridized carbons (Fsp3) is 0.0870. The summed E-state index contributed by atoms with van der Waals surface area (Å²) >= 11 is 0. The number of amides is 1. The van der Waals surface area contributed by atoms with E-state index in [0.717, 1.165) is 17.7 Å². The molecular weight excluding hydrogens is 420 g/mol. The largest absolute Gasteiger partial charge is 0.341 e. The van der Waals surface area contributed by atoms with E-state index >= 15 is 0 Å². The molecule has 0 aliphatic rings. The van der Waals surface area contributed by atoms with Crippen molar-refractivity contribution in [3.05, 3.63) is 116 Å². The molecule has 0 unspecified atom stereocenters. The summed E-state index contributed by atoms with van der Waals surface area (Å²) in [5.74, 6) is -2.42.